The van der Waals surface area contributed by atoms with Crippen LogP contribution in [0.2, 0.25) is 10.0 Å². The average Bonchev–Trinajstić information content (AvgIpc) is 2.94. The Bertz CT molecular complexity index is 1070. The number of aromatic nitrogens is 2. The van der Waals surface area contributed by atoms with Gasteiger partial charge in [-0.25, -0.2) is 17.9 Å². The predicted molar refractivity (Wildman–Crippen MR) is 121 cm³/mol. The van der Waals surface area contributed by atoms with Crippen molar-refractivity contribution in [3.05, 3.63) is 51.0 Å². The van der Waals surface area contributed by atoms with Gasteiger partial charge in [-0.05, 0) is 58.4 Å². The minimum absolute atomic E-state index is 0.128. The third kappa shape index (κ3) is 8.43. The molecule has 0 aliphatic rings. The molecule has 2 rings (SSSR count). The second kappa shape index (κ2) is 9.93. The molecule has 0 aliphatic carbocycles. The van der Waals surface area contributed by atoms with Gasteiger partial charge >= 0.3 is 6.09 Å². The molecule has 2 aromatic rings. The van der Waals surface area contributed by atoms with Crippen molar-refractivity contribution in [2.45, 2.75) is 52.9 Å². The molecule has 31 heavy (non-hydrogen) atoms. The fourth-order valence-corrected chi connectivity index (χ4v) is 3.51. The molecule has 1 aromatic carbocycles. The molecule has 0 saturated carbocycles. The van der Waals surface area contributed by atoms with Crippen LogP contribution < -0.4 is 9.46 Å². The minimum atomic E-state index is -4.10. The van der Waals surface area contributed by atoms with E-state index in [0.29, 0.717) is 21.6 Å². The fourth-order valence-electron chi connectivity index (χ4n) is 2.39. The number of rotatable bonds is 7. The summed E-state index contributed by atoms with van der Waals surface area (Å²) in [6, 6.07) is 6.65. The molecule has 0 spiro atoms. The number of sulfonamides is 1. The van der Waals surface area contributed by atoms with E-state index in [1.165, 1.54) is 10.8 Å². The molecule has 11 heteroatoms. The number of hydrogen-bond donors (Lipinski definition) is 1. The zero-order valence-corrected chi connectivity index (χ0v) is 20.2. The smallest absolute Gasteiger partial charge is 0.421 e. The highest BCUT2D eigenvalue weighted by molar-refractivity contribution is 7.93. The Labute approximate surface area is 192 Å². The summed E-state index contributed by atoms with van der Waals surface area (Å²) in [5, 5.41) is 6.16. The molecule has 0 unspecified atom stereocenters. The van der Waals surface area contributed by atoms with E-state index in [4.69, 9.17) is 32.7 Å². The normalized spacial score (nSPS) is 12.4. The van der Waals surface area contributed by atoms with Crippen molar-refractivity contribution in [3.63, 3.8) is 0 Å². The van der Waals surface area contributed by atoms with E-state index < -0.39 is 21.7 Å². The summed E-state index contributed by atoms with van der Waals surface area (Å²) in [7, 11) is -4.10. The van der Waals surface area contributed by atoms with Gasteiger partial charge in [0, 0.05) is 16.1 Å². The van der Waals surface area contributed by atoms with Gasteiger partial charge in [0.15, 0.2) is 0 Å². The molecule has 170 valence electrons. The van der Waals surface area contributed by atoms with Crippen LogP contribution in [-0.4, -0.2) is 36.0 Å². The van der Waals surface area contributed by atoms with Crippen molar-refractivity contribution in [1.82, 2.24) is 14.5 Å². The predicted octanol–water partition coefficient (Wildman–Crippen LogP) is 4.85. The molecule has 0 saturated heterocycles. The SMILES string of the molecule is CC(C)Oc1cc(C=CS(=O)(=O)NC(=O)OC(C)(C)C)n(Cc2ccc(Cl)cc2Cl)n1. The highest BCUT2D eigenvalue weighted by Crippen LogP contribution is 2.24. The zero-order valence-electron chi connectivity index (χ0n) is 17.8. The number of carbonyl (C=O) groups is 1. The van der Waals surface area contributed by atoms with E-state index in [0.717, 1.165) is 11.0 Å². The summed E-state index contributed by atoms with van der Waals surface area (Å²) in [6.45, 7) is 8.83. The van der Waals surface area contributed by atoms with Gasteiger partial charge in [-0.3, -0.25) is 4.68 Å². The number of nitrogens with zero attached hydrogens (tertiary/aromatic N) is 2. The number of nitrogens with one attached hydrogen (secondary N) is 1. The van der Waals surface area contributed by atoms with Crippen LogP contribution in [0.4, 0.5) is 4.79 Å². The summed E-state index contributed by atoms with van der Waals surface area (Å²) in [5.74, 6) is 0.317. The van der Waals surface area contributed by atoms with E-state index >= 15 is 0 Å². The van der Waals surface area contributed by atoms with Gasteiger partial charge in [0.25, 0.3) is 10.0 Å². The van der Waals surface area contributed by atoms with Crippen LogP contribution in [0.5, 0.6) is 5.88 Å². The standard InChI is InChI=1S/C20H25Cl2N3O5S/c1-13(2)29-18-11-16(8-9-31(27,28)24-19(26)30-20(3,4)5)25(23-18)12-14-6-7-15(21)10-17(14)22/h6-11,13H,12H2,1-5H3,(H,24,26). The van der Waals surface area contributed by atoms with Crippen LogP contribution in [0.25, 0.3) is 6.08 Å². The molecule has 0 fully saturated rings. The zero-order chi connectivity index (χ0) is 23.4. The molecule has 1 aromatic heterocycles. The van der Waals surface area contributed by atoms with Crippen molar-refractivity contribution in [2.24, 2.45) is 0 Å². The van der Waals surface area contributed by atoms with E-state index in [9.17, 15) is 13.2 Å². The number of halogens is 2. The summed E-state index contributed by atoms with van der Waals surface area (Å²) in [5.41, 5.74) is 0.328. The van der Waals surface area contributed by atoms with E-state index in [-0.39, 0.29) is 12.6 Å². The van der Waals surface area contributed by atoms with E-state index in [1.807, 2.05) is 18.6 Å². The first-order chi connectivity index (χ1) is 14.2. The molecule has 1 N–H and O–H groups in total. The third-order valence-corrected chi connectivity index (χ3v) is 5.06. The first-order valence-corrected chi connectivity index (χ1v) is 11.7. The molecule has 0 aliphatic heterocycles. The molecule has 1 heterocycles. The molecule has 0 bridgehead atoms. The lowest BCUT2D eigenvalue weighted by molar-refractivity contribution is 0.0571. The van der Waals surface area contributed by atoms with E-state index in [2.05, 4.69) is 5.10 Å². The quantitative estimate of drug-likeness (QED) is 0.596. The van der Waals surface area contributed by atoms with Gasteiger partial charge in [0.1, 0.15) is 5.60 Å². The lowest BCUT2D eigenvalue weighted by atomic mass is 10.2. The lowest BCUT2D eigenvalue weighted by Crippen LogP contribution is -2.35. The van der Waals surface area contributed by atoms with Gasteiger partial charge in [-0.2, -0.15) is 0 Å². The Hall–Kier alpha value is -2.23. The fraction of sp³-hybridized carbons (Fsp3) is 0.400. The minimum Gasteiger partial charge on any atom is -0.474 e. The van der Waals surface area contributed by atoms with Crippen LogP contribution in [0.15, 0.2) is 29.7 Å². The van der Waals surface area contributed by atoms with Crippen molar-refractivity contribution in [1.29, 1.82) is 0 Å². The Morgan fingerprint density at radius 3 is 2.52 bits per heavy atom. The highest BCUT2D eigenvalue weighted by Gasteiger charge is 2.20. The van der Waals surface area contributed by atoms with Crippen molar-refractivity contribution < 1.29 is 22.7 Å². The van der Waals surface area contributed by atoms with Gasteiger partial charge in [0.05, 0.1) is 23.8 Å². The number of ether oxygens (including phenoxy) is 2. The van der Waals surface area contributed by atoms with E-state index in [1.54, 1.807) is 45.0 Å². The second-order valence-corrected chi connectivity index (χ2v) is 10.3. The highest BCUT2D eigenvalue weighted by atomic mass is 35.5. The maximum Gasteiger partial charge on any atom is 0.421 e. The first kappa shape index (κ1) is 25.0. The molecular formula is C20H25Cl2N3O5S. The Kier molecular flexibility index (Phi) is 8.02. The second-order valence-electron chi connectivity index (χ2n) is 7.92. The molecule has 8 nitrogen and oxygen atoms in total. The maximum absolute atomic E-state index is 12.3. The van der Waals surface area contributed by atoms with Crippen molar-refractivity contribution in [2.75, 3.05) is 0 Å². The molecular weight excluding hydrogens is 465 g/mol. The largest absolute Gasteiger partial charge is 0.474 e. The first-order valence-electron chi connectivity index (χ1n) is 9.36. The number of carbonyl (C=O) groups excluding carboxylic acids is 1. The molecule has 0 atom stereocenters. The maximum atomic E-state index is 12.3. The summed E-state index contributed by atoms with van der Waals surface area (Å²) < 4.78 is 38.5. The topological polar surface area (TPSA) is 99.5 Å². The summed E-state index contributed by atoms with van der Waals surface area (Å²) in [4.78, 5) is 11.8. The average molecular weight is 490 g/mol. The number of amides is 1. The van der Waals surface area contributed by atoms with Crippen molar-refractivity contribution >= 4 is 45.4 Å². The number of benzene rings is 1. The Balaban J connectivity index is 2.29. The van der Waals surface area contributed by atoms with Crippen molar-refractivity contribution in [3.8, 4) is 5.88 Å². The Morgan fingerprint density at radius 2 is 1.94 bits per heavy atom. The molecule has 1 amide bonds. The summed E-state index contributed by atoms with van der Waals surface area (Å²) >= 11 is 12.2. The van der Waals surface area contributed by atoms with Crippen LogP contribution in [0.1, 0.15) is 45.9 Å². The summed E-state index contributed by atoms with van der Waals surface area (Å²) in [6.07, 6.45) is 0.107. The third-order valence-electron chi connectivity index (χ3n) is 3.52. The van der Waals surface area contributed by atoms with Gasteiger partial charge in [-0.1, -0.05) is 29.3 Å². The lowest BCUT2D eigenvalue weighted by Gasteiger charge is -2.19. The van der Waals surface area contributed by atoms with Crippen LogP contribution >= 0.6 is 23.2 Å². The van der Waals surface area contributed by atoms with Gasteiger partial charge < -0.3 is 9.47 Å². The monoisotopic (exact) mass is 489 g/mol. The molecule has 0 radical (unpaired) electrons. The van der Waals surface area contributed by atoms with Crippen LogP contribution in [-0.2, 0) is 21.3 Å². The number of hydrogen-bond acceptors (Lipinski definition) is 6. The van der Waals surface area contributed by atoms with Crippen LogP contribution in [0.3, 0.4) is 0 Å². The van der Waals surface area contributed by atoms with Gasteiger partial charge in [0.2, 0.25) is 5.88 Å². The van der Waals surface area contributed by atoms with Gasteiger partial charge in [-0.15, -0.1) is 5.10 Å². The Morgan fingerprint density at radius 1 is 1.26 bits per heavy atom. The van der Waals surface area contributed by atoms with Crippen LogP contribution in [0, 0.1) is 0 Å².